The SMILES string of the molecule is CCCCCCC(C)(CCCCC)n1ccc(=O)[nH]c1=O. The standard InChI is InChI=1S/C17H30N2O2/c1-4-6-8-10-13-17(3,12-9-7-5-2)19-14-11-15(20)18-16(19)21/h11,14H,4-10,12-13H2,1-3H3,(H,18,20,21). The van der Waals surface area contributed by atoms with Gasteiger partial charge in [0.25, 0.3) is 5.56 Å². The van der Waals surface area contributed by atoms with Crippen LogP contribution in [0.15, 0.2) is 21.9 Å². The van der Waals surface area contributed by atoms with E-state index in [4.69, 9.17) is 0 Å². The van der Waals surface area contributed by atoms with E-state index in [0.717, 1.165) is 25.7 Å². The van der Waals surface area contributed by atoms with Gasteiger partial charge in [0.2, 0.25) is 0 Å². The van der Waals surface area contributed by atoms with Crippen LogP contribution in [0.2, 0.25) is 0 Å². The lowest BCUT2D eigenvalue weighted by Crippen LogP contribution is -2.41. The van der Waals surface area contributed by atoms with Crippen LogP contribution in [-0.4, -0.2) is 9.55 Å². The van der Waals surface area contributed by atoms with E-state index < -0.39 is 0 Å². The Morgan fingerprint density at radius 2 is 1.57 bits per heavy atom. The Balaban J connectivity index is 2.88. The summed E-state index contributed by atoms with van der Waals surface area (Å²) in [5.41, 5.74) is -0.792. The van der Waals surface area contributed by atoms with E-state index in [1.165, 1.54) is 38.2 Å². The molecule has 1 rings (SSSR count). The highest BCUT2D eigenvalue weighted by Crippen LogP contribution is 2.28. The maximum absolute atomic E-state index is 12.1. The summed E-state index contributed by atoms with van der Waals surface area (Å²) < 4.78 is 1.73. The normalized spacial score (nSPS) is 14.0. The highest BCUT2D eigenvalue weighted by molar-refractivity contribution is 4.91. The Hall–Kier alpha value is -1.32. The summed E-state index contributed by atoms with van der Waals surface area (Å²) in [5.74, 6) is 0. The lowest BCUT2D eigenvalue weighted by atomic mass is 9.88. The third kappa shape index (κ3) is 5.52. The zero-order valence-electron chi connectivity index (χ0n) is 13.8. The van der Waals surface area contributed by atoms with E-state index in [2.05, 4.69) is 25.8 Å². The van der Waals surface area contributed by atoms with Crippen LogP contribution in [0.25, 0.3) is 0 Å². The molecule has 4 nitrogen and oxygen atoms in total. The quantitative estimate of drug-likeness (QED) is 0.667. The smallest absolute Gasteiger partial charge is 0.295 e. The summed E-state index contributed by atoms with van der Waals surface area (Å²) in [4.78, 5) is 25.8. The van der Waals surface area contributed by atoms with Crippen LogP contribution in [0, 0.1) is 0 Å². The molecule has 1 N–H and O–H groups in total. The third-order valence-corrected chi connectivity index (χ3v) is 4.29. The van der Waals surface area contributed by atoms with Crippen molar-refractivity contribution in [3.8, 4) is 0 Å². The molecule has 0 amide bonds. The molecule has 21 heavy (non-hydrogen) atoms. The maximum atomic E-state index is 12.1. The van der Waals surface area contributed by atoms with Crippen LogP contribution in [0.4, 0.5) is 0 Å². The largest absolute Gasteiger partial charge is 0.328 e. The Bertz CT molecular complexity index is 518. The van der Waals surface area contributed by atoms with Gasteiger partial charge in [-0.25, -0.2) is 4.79 Å². The van der Waals surface area contributed by atoms with Crippen LogP contribution in [0.1, 0.15) is 78.6 Å². The fourth-order valence-corrected chi connectivity index (χ4v) is 2.90. The lowest BCUT2D eigenvalue weighted by molar-refractivity contribution is 0.241. The molecule has 1 aromatic rings. The highest BCUT2D eigenvalue weighted by Gasteiger charge is 2.26. The number of hydrogen-bond donors (Lipinski definition) is 1. The first-order valence-electron chi connectivity index (χ1n) is 8.36. The molecular weight excluding hydrogens is 264 g/mol. The predicted molar refractivity (Wildman–Crippen MR) is 87.9 cm³/mol. The number of rotatable bonds is 10. The molecule has 0 aliphatic heterocycles. The van der Waals surface area contributed by atoms with Gasteiger partial charge < -0.3 is 0 Å². The summed E-state index contributed by atoms with van der Waals surface area (Å²) in [6, 6.07) is 1.45. The van der Waals surface area contributed by atoms with Crippen molar-refractivity contribution in [3.05, 3.63) is 33.1 Å². The molecule has 0 saturated carbocycles. The Labute approximate surface area is 127 Å². The van der Waals surface area contributed by atoms with Crippen molar-refractivity contribution < 1.29 is 0 Å². The van der Waals surface area contributed by atoms with E-state index >= 15 is 0 Å². The molecule has 4 heteroatoms. The van der Waals surface area contributed by atoms with Crippen LogP contribution in [-0.2, 0) is 5.54 Å². The summed E-state index contributed by atoms with van der Waals surface area (Å²) in [6.45, 7) is 6.53. The molecular formula is C17H30N2O2. The number of aromatic amines is 1. The molecule has 0 aliphatic rings. The van der Waals surface area contributed by atoms with E-state index in [9.17, 15) is 9.59 Å². The highest BCUT2D eigenvalue weighted by atomic mass is 16.2. The van der Waals surface area contributed by atoms with Gasteiger partial charge in [-0.05, 0) is 19.8 Å². The average Bonchev–Trinajstić information content (AvgIpc) is 2.44. The first-order chi connectivity index (χ1) is 10.0. The lowest BCUT2D eigenvalue weighted by Gasteiger charge is -2.32. The number of nitrogens with one attached hydrogen (secondary N) is 1. The van der Waals surface area contributed by atoms with E-state index in [-0.39, 0.29) is 16.8 Å². The molecule has 1 heterocycles. The van der Waals surface area contributed by atoms with Crippen molar-refractivity contribution >= 4 is 0 Å². The van der Waals surface area contributed by atoms with Crippen molar-refractivity contribution in [2.45, 2.75) is 84.1 Å². The zero-order valence-corrected chi connectivity index (χ0v) is 13.8. The van der Waals surface area contributed by atoms with Gasteiger partial charge in [-0.2, -0.15) is 0 Å². The summed E-state index contributed by atoms with van der Waals surface area (Å²) >= 11 is 0. The van der Waals surface area contributed by atoms with E-state index in [0.29, 0.717) is 0 Å². The minimum atomic E-state index is -0.321. The zero-order chi connectivity index (χ0) is 15.7. The van der Waals surface area contributed by atoms with Crippen molar-refractivity contribution in [2.75, 3.05) is 0 Å². The van der Waals surface area contributed by atoms with Gasteiger partial charge in [0.1, 0.15) is 0 Å². The van der Waals surface area contributed by atoms with Gasteiger partial charge in [0.15, 0.2) is 0 Å². The van der Waals surface area contributed by atoms with Gasteiger partial charge >= 0.3 is 5.69 Å². The van der Waals surface area contributed by atoms with Crippen molar-refractivity contribution in [3.63, 3.8) is 0 Å². The van der Waals surface area contributed by atoms with Gasteiger partial charge in [-0.1, -0.05) is 58.8 Å². The molecule has 1 aromatic heterocycles. The summed E-state index contributed by atoms with van der Waals surface area (Å²) in [7, 11) is 0. The second kappa shape index (κ2) is 8.85. The number of aromatic nitrogens is 2. The molecule has 0 fully saturated rings. The van der Waals surface area contributed by atoms with Crippen molar-refractivity contribution in [1.82, 2.24) is 9.55 Å². The van der Waals surface area contributed by atoms with Crippen molar-refractivity contribution in [2.24, 2.45) is 0 Å². The Morgan fingerprint density at radius 3 is 2.14 bits per heavy atom. The van der Waals surface area contributed by atoms with Crippen LogP contribution < -0.4 is 11.2 Å². The first kappa shape index (κ1) is 17.7. The maximum Gasteiger partial charge on any atom is 0.328 e. The molecule has 0 aromatic carbocycles. The molecule has 120 valence electrons. The van der Waals surface area contributed by atoms with Crippen LogP contribution in [0.5, 0.6) is 0 Å². The second-order valence-corrected chi connectivity index (χ2v) is 6.24. The fraction of sp³-hybridized carbons (Fsp3) is 0.765. The summed E-state index contributed by atoms with van der Waals surface area (Å²) in [5, 5.41) is 0. The molecule has 0 spiro atoms. The average molecular weight is 294 g/mol. The molecule has 0 saturated heterocycles. The number of unbranched alkanes of at least 4 members (excludes halogenated alkanes) is 5. The number of H-pyrrole nitrogens is 1. The van der Waals surface area contributed by atoms with E-state index in [1.807, 2.05) is 0 Å². The van der Waals surface area contributed by atoms with Crippen LogP contribution >= 0.6 is 0 Å². The van der Waals surface area contributed by atoms with Gasteiger partial charge in [0.05, 0.1) is 0 Å². The predicted octanol–water partition coefficient (Wildman–Crippen LogP) is 3.80. The summed E-state index contributed by atoms with van der Waals surface area (Å²) in [6.07, 6.45) is 11.9. The number of nitrogens with zero attached hydrogens (tertiary/aromatic N) is 1. The monoisotopic (exact) mass is 294 g/mol. The van der Waals surface area contributed by atoms with Crippen molar-refractivity contribution in [1.29, 1.82) is 0 Å². The van der Waals surface area contributed by atoms with Gasteiger partial charge in [-0.15, -0.1) is 0 Å². The number of hydrogen-bond acceptors (Lipinski definition) is 2. The minimum Gasteiger partial charge on any atom is -0.295 e. The topological polar surface area (TPSA) is 54.9 Å². The van der Waals surface area contributed by atoms with E-state index in [1.54, 1.807) is 10.8 Å². The Morgan fingerprint density at radius 1 is 1.00 bits per heavy atom. The molecule has 1 atom stereocenters. The minimum absolute atomic E-state index is 0.190. The third-order valence-electron chi connectivity index (χ3n) is 4.29. The molecule has 1 unspecified atom stereocenters. The molecule has 0 aliphatic carbocycles. The van der Waals surface area contributed by atoms with Crippen LogP contribution in [0.3, 0.4) is 0 Å². The van der Waals surface area contributed by atoms with Gasteiger partial charge in [-0.3, -0.25) is 14.3 Å². The Kier molecular flexibility index (Phi) is 7.48. The second-order valence-electron chi connectivity index (χ2n) is 6.24. The fourth-order valence-electron chi connectivity index (χ4n) is 2.90. The molecule has 0 radical (unpaired) electrons. The molecule has 0 bridgehead atoms. The first-order valence-corrected chi connectivity index (χ1v) is 8.36. The van der Waals surface area contributed by atoms with Gasteiger partial charge in [0, 0.05) is 17.8 Å².